The highest BCUT2D eigenvalue weighted by Crippen LogP contribution is 2.25. The SMILES string of the molecule is O=C1CCCN1c1cccc(Nc2ncc(Br)cn2)c1. The summed E-state index contributed by atoms with van der Waals surface area (Å²) in [7, 11) is 0. The Hall–Kier alpha value is -1.95. The molecule has 0 saturated carbocycles. The molecule has 1 aliphatic heterocycles. The van der Waals surface area contributed by atoms with Gasteiger partial charge in [-0.2, -0.15) is 0 Å². The number of aromatic nitrogens is 2. The van der Waals surface area contributed by atoms with Crippen molar-refractivity contribution in [3.8, 4) is 0 Å². The molecule has 3 rings (SSSR count). The van der Waals surface area contributed by atoms with Crippen LogP contribution in [0.25, 0.3) is 0 Å². The van der Waals surface area contributed by atoms with Crippen LogP contribution in [0.3, 0.4) is 0 Å². The molecule has 6 heteroatoms. The normalized spacial score (nSPS) is 14.7. The number of nitrogens with one attached hydrogen (secondary N) is 1. The third-order valence-corrected chi connectivity index (χ3v) is 3.52. The molecule has 2 heterocycles. The standard InChI is InChI=1S/C14H13BrN4O/c15-10-8-16-14(17-9-10)18-11-3-1-4-12(7-11)19-6-2-5-13(19)20/h1,3-4,7-9H,2,5-6H2,(H,16,17,18). The molecule has 1 aromatic carbocycles. The smallest absolute Gasteiger partial charge is 0.227 e. The van der Waals surface area contributed by atoms with Crippen LogP contribution < -0.4 is 10.2 Å². The molecule has 1 fully saturated rings. The summed E-state index contributed by atoms with van der Waals surface area (Å²) in [6.07, 6.45) is 4.92. The quantitative estimate of drug-likeness (QED) is 0.938. The zero-order valence-corrected chi connectivity index (χ0v) is 12.3. The van der Waals surface area contributed by atoms with Gasteiger partial charge in [-0.1, -0.05) is 6.07 Å². The monoisotopic (exact) mass is 332 g/mol. The number of anilines is 3. The number of halogens is 1. The zero-order valence-electron chi connectivity index (χ0n) is 10.7. The molecule has 1 N–H and O–H groups in total. The first kappa shape index (κ1) is 13.1. The molecule has 1 saturated heterocycles. The summed E-state index contributed by atoms with van der Waals surface area (Å²) >= 11 is 3.30. The van der Waals surface area contributed by atoms with Crippen LogP contribution in [0.4, 0.5) is 17.3 Å². The topological polar surface area (TPSA) is 58.1 Å². The maximum absolute atomic E-state index is 11.8. The second kappa shape index (κ2) is 5.58. The largest absolute Gasteiger partial charge is 0.324 e. The van der Waals surface area contributed by atoms with Crippen LogP contribution >= 0.6 is 15.9 Å². The maximum atomic E-state index is 11.8. The van der Waals surface area contributed by atoms with Crippen LogP contribution in [0, 0.1) is 0 Å². The minimum atomic E-state index is 0.182. The van der Waals surface area contributed by atoms with E-state index in [1.165, 1.54) is 0 Å². The van der Waals surface area contributed by atoms with Gasteiger partial charge in [0.25, 0.3) is 0 Å². The predicted molar refractivity (Wildman–Crippen MR) is 81.0 cm³/mol. The Morgan fingerprint density at radius 2 is 2.05 bits per heavy atom. The molecule has 5 nitrogen and oxygen atoms in total. The number of rotatable bonds is 3. The van der Waals surface area contributed by atoms with Crippen molar-refractivity contribution in [1.82, 2.24) is 9.97 Å². The number of carbonyl (C=O) groups excluding carboxylic acids is 1. The molecule has 102 valence electrons. The van der Waals surface area contributed by atoms with Gasteiger partial charge in [-0.25, -0.2) is 9.97 Å². The average Bonchev–Trinajstić information content (AvgIpc) is 2.88. The molecule has 0 radical (unpaired) electrons. The molecule has 0 aliphatic carbocycles. The summed E-state index contributed by atoms with van der Waals surface area (Å²) in [5.41, 5.74) is 1.78. The minimum absolute atomic E-state index is 0.182. The fraction of sp³-hybridized carbons (Fsp3) is 0.214. The van der Waals surface area contributed by atoms with Gasteiger partial charge in [0, 0.05) is 36.7 Å². The molecule has 1 amide bonds. The first-order valence-electron chi connectivity index (χ1n) is 6.37. The Labute approximate surface area is 125 Å². The summed E-state index contributed by atoms with van der Waals surface area (Å²) in [5.74, 6) is 0.708. The molecule has 2 aromatic rings. The Morgan fingerprint density at radius 3 is 2.75 bits per heavy atom. The van der Waals surface area contributed by atoms with Crippen LogP contribution in [-0.2, 0) is 4.79 Å². The number of hydrogen-bond donors (Lipinski definition) is 1. The fourth-order valence-corrected chi connectivity index (χ4v) is 2.38. The van der Waals surface area contributed by atoms with E-state index in [0.29, 0.717) is 12.4 Å². The van der Waals surface area contributed by atoms with Crippen LogP contribution in [0.5, 0.6) is 0 Å². The molecule has 20 heavy (non-hydrogen) atoms. The van der Waals surface area contributed by atoms with Gasteiger partial charge in [-0.15, -0.1) is 0 Å². The summed E-state index contributed by atoms with van der Waals surface area (Å²) < 4.78 is 0.833. The van der Waals surface area contributed by atoms with Gasteiger partial charge in [0.05, 0.1) is 4.47 Å². The predicted octanol–water partition coefficient (Wildman–Crippen LogP) is 3.11. The van der Waals surface area contributed by atoms with E-state index in [4.69, 9.17) is 0 Å². The molecule has 1 aliphatic rings. The van der Waals surface area contributed by atoms with Gasteiger partial charge >= 0.3 is 0 Å². The Bertz CT molecular complexity index is 629. The number of nitrogens with zero attached hydrogens (tertiary/aromatic N) is 3. The lowest BCUT2D eigenvalue weighted by atomic mass is 10.2. The van der Waals surface area contributed by atoms with Crippen LogP contribution in [0.2, 0.25) is 0 Å². The summed E-state index contributed by atoms with van der Waals surface area (Å²) in [5, 5.41) is 3.13. The molecular weight excluding hydrogens is 320 g/mol. The highest BCUT2D eigenvalue weighted by atomic mass is 79.9. The van der Waals surface area contributed by atoms with E-state index in [9.17, 15) is 4.79 Å². The van der Waals surface area contributed by atoms with Crippen molar-refractivity contribution in [3.63, 3.8) is 0 Å². The van der Waals surface area contributed by atoms with Crippen molar-refractivity contribution < 1.29 is 4.79 Å². The molecule has 0 bridgehead atoms. The minimum Gasteiger partial charge on any atom is -0.324 e. The molecule has 0 spiro atoms. The van der Waals surface area contributed by atoms with Crippen molar-refractivity contribution in [3.05, 3.63) is 41.1 Å². The van der Waals surface area contributed by atoms with E-state index in [2.05, 4.69) is 31.2 Å². The van der Waals surface area contributed by atoms with Crippen molar-refractivity contribution in [2.45, 2.75) is 12.8 Å². The fourth-order valence-electron chi connectivity index (χ4n) is 2.18. The lowest BCUT2D eigenvalue weighted by Crippen LogP contribution is -2.23. The van der Waals surface area contributed by atoms with Crippen molar-refractivity contribution in [2.24, 2.45) is 0 Å². The Kier molecular flexibility index (Phi) is 3.64. The molecule has 1 aromatic heterocycles. The van der Waals surface area contributed by atoms with Crippen LogP contribution in [0.15, 0.2) is 41.1 Å². The number of hydrogen-bond acceptors (Lipinski definition) is 4. The van der Waals surface area contributed by atoms with Crippen molar-refractivity contribution in [2.75, 3.05) is 16.8 Å². The van der Waals surface area contributed by atoms with Gasteiger partial charge in [0.1, 0.15) is 0 Å². The lowest BCUT2D eigenvalue weighted by Gasteiger charge is -2.16. The number of benzene rings is 1. The Morgan fingerprint density at radius 1 is 1.25 bits per heavy atom. The van der Waals surface area contributed by atoms with E-state index >= 15 is 0 Å². The summed E-state index contributed by atoms with van der Waals surface area (Å²) in [4.78, 5) is 21.9. The van der Waals surface area contributed by atoms with Gasteiger partial charge in [-0.3, -0.25) is 4.79 Å². The first-order chi connectivity index (χ1) is 9.72. The molecular formula is C14H13BrN4O. The first-order valence-corrected chi connectivity index (χ1v) is 7.17. The zero-order chi connectivity index (χ0) is 13.9. The van der Waals surface area contributed by atoms with E-state index < -0.39 is 0 Å². The average molecular weight is 333 g/mol. The van der Waals surface area contributed by atoms with Gasteiger partial charge in [-0.05, 0) is 40.5 Å². The van der Waals surface area contributed by atoms with Crippen LogP contribution in [0.1, 0.15) is 12.8 Å². The van der Waals surface area contributed by atoms with Gasteiger partial charge in [0.2, 0.25) is 11.9 Å². The van der Waals surface area contributed by atoms with E-state index in [1.807, 2.05) is 29.2 Å². The van der Waals surface area contributed by atoms with E-state index in [-0.39, 0.29) is 5.91 Å². The third-order valence-electron chi connectivity index (χ3n) is 3.11. The second-order valence-corrected chi connectivity index (χ2v) is 5.46. The van der Waals surface area contributed by atoms with Crippen LogP contribution in [-0.4, -0.2) is 22.4 Å². The highest BCUT2D eigenvalue weighted by Gasteiger charge is 2.21. The van der Waals surface area contributed by atoms with Crippen molar-refractivity contribution >= 4 is 39.2 Å². The van der Waals surface area contributed by atoms with Gasteiger partial charge < -0.3 is 10.2 Å². The Balaban J connectivity index is 1.80. The number of amides is 1. The third kappa shape index (κ3) is 2.80. The molecule has 0 atom stereocenters. The lowest BCUT2D eigenvalue weighted by molar-refractivity contribution is -0.117. The van der Waals surface area contributed by atoms with E-state index in [0.717, 1.165) is 28.8 Å². The maximum Gasteiger partial charge on any atom is 0.227 e. The molecule has 0 unspecified atom stereocenters. The van der Waals surface area contributed by atoms with E-state index in [1.54, 1.807) is 12.4 Å². The number of carbonyl (C=O) groups is 1. The summed E-state index contributed by atoms with van der Waals surface area (Å²) in [6, 6.07) is 7.73. The summed E-state index contributed by atoms with van der Waals surface area (Å²) in [6.45, 7) is 0.789. The highest BCUT2D eigenvalue weighted by molar-refractivity contribution is 9.10. The second-order valence-electron chi connectivity index (χ2n) is 4.55. The van der Waals surface area contributed by atoms with Gasteiger partial charge in [0.15, 0.2) is 0 Å². The van der Waals surface area contributed by atoms with Crippen molar-refractivity contribution in [1.29, 1.82) is 0 Å².